The van der Waals surface area contributed by atoms with Crippen LogP contribution in [0.5, 0.6) is 0 Å². The summed E-state index contributed by atoms with van der Waals surface area (Å²) in [5.41, 5.74) is 9.68. The minimum absolute atomic E-state index is 0.267. The van der Waals surface area contributed by atoms with Gasteiger partial charge in [-0.3, -0.25) is 14.6 Å². The summed E-state index contributed by atoms with van der Waals surface area (Å²) in [5.74, 6) is -0.267. The van der Waals surface area contributed by atoms with E-state index >= 15 is 0 Å². The number of thioether (sulfide) groups is 1. The van der Waals surface area contributed by atoms with E-state index in [4.69, 9.17) is 5.73 Å². The molecule has 2 aromatic carbocycles. The maximum atomic E-state index is 12.6. The molecule has 142 valence electrons. The number of nitrogens with two attached hydrogens (primary N) is 1. The van der Waals surface area contributed by atoms with Crippen molar-refractivity contribution < 1.29 is 14.0 Å². The van der Waals surface area contributed by atoms with Gasteiger partial charge in [0.15, 0.2) is 0 Å². The number of pyridine rings is 1. The van der Waals surface area contributed by atoms with Crippen LogP contribution in [-0.2, 0) is 6.54 Å². The van der Waals surface area contributed by atoms with Crippen molar-refractivity contribution in [3.63, 3.8) is 0 Å². The molecule has 0 radical (unpaired) electrons. The molecule has 0 saturated heterocycles. The molecule has 0 spiro atoms. The van der Waals surface area contributed by atoms with Crippen LogP contribution in [0, 0.1) is 0 Å². The number of amides is 1. The lowest BCUT2D eigenvalue weighted by Gasteiger charge is -2.12. The van der Waals surface area contributed by atoms with E-state index in [1.165, 1.54) is 0 Å². The van der Waals surface area contributed by atoms with E-state index in [1.54, 1.807) is 60.9 Å². The van der Waals surface area contributed by atoms with E-state index in [2.05, 4.69) is 10.3 Å². The second kappa shape index (κ2) is 9.25. The van der Waals surface area contributed by atoms with Crippen LogP contribution >= 0.6 is 11.8 Å². The normalized spacial score (nSPS) is 10.5. The van der Waals surface area contributed by atoms with Crippen molar-refractivity contribution in [2.45, 2.75) is 6.54 Å². The molecule has 3 N–H and O–H groups in total. The Kier molecular flexibility index (Phi) is 6.52. The molecule has 3 rings (SSSR count). The summed E-state index contributed by atoms with van der Waals surface area (Å²) in [6.07, 6.45) is 3.19. The number of alkyl halides is 1. The molecule has 0 aliphatic heterocycles. The molecule has 0 saturated carbocycles. The zero-order valence-electron chi connectivity index (χ0n) is 14.9. The van der Waals surface area contributed by atoms with Crippen molar-refractivity contribution in [1.29, 1.82) is 0 Å². The molecule has 3 aromatic rings. The van der Waals surface area contributed by atoms with E-state index in [-0.39, 0.29) is 17.6 Å². The van der Waals surface area contributed by atoms with Crippen LogP contribution < -0.4 is 11.1 Å². The Morgan fingerprint density at radius 2 is 1.82 bits per heavy atom. The maximum Gasteiger partial charge on any atom is 0.255 e. The number of aromatic nitrogens is 1. The SMILES string of the molecule is NCc1ccc(C(=O)Nc2ccncc2)cc1-c1cccc(C(=O)SCF)c1. The van der Waals surface area contributed by atoms with Crippen molar-refractivity contribution in [1.82, 2.24) is 4.98 Å². The van der Waals surface area contributed by atoms with Crippen molar-refractivity contribution in [2.75, 3.05) is 11.3 Å². The molecule has 7 heteroatoms. The summed E-state index contributed by atoms with van der Waals surface area (Å²) < 4.78 is 12.5. The highest BCUT2D eigenvalue weighted by Gasteiger charge is 2.13. The van der Waals surface area contributed by atoms with Crippen molar-refractivity contribution in [2.24, 2.45) is 5.73 Å². The topological polar surface area (TPSA) is 85.1 Å². The largest absolute Gasteiger partial charge is 0.326 e. The van der Waals surface area contributed by atoms with Gasteiger partial charge in [0.05, 0.1) is 0 Å². The molecule has 0 aliphatic carbocycles. The number of halogens is 1. The third kappa shape index (κ3) is 4.62. The van der Waals surface area contributed by atoms with Crippen LogP contribution in [0.2, 0.25) is 0 Å². The van der Waals surface area contributed by atoms with Crippen LogP contribution in [-0.4, -0.2) is 22.0 Å². The van der Waals surface area contributed by atoms with Gasteiger partial charge in [-0.25, -0.2) is 4.39 Å². The van der Waals surface area contributed by atoms with Crippen molar-refractivity contribution in [3.8, 4) is 11.1 Å². The average molecular weight is 395 g/mol. The number of carbonyl (C=O) groups is 2. The molecule has 5 nitrogen and oxygen atoms in total. The fraction of sp³-hybridized carbons (Fsp3) is 0.0952. The standard InChI is InChI=1S/C21H18FN3O2S/c22-13-28-21(27)16-3-1-2-14(10-16)19-11-15(4-5-17(19)12-23)20(26)25-18-6-8-24-9-7-18/h1-11H,12-13,23H2,(H,24,25,26). The van der Waals surface area contributed by atoms with Gasteiger partial charge in [0.25, 0.3) is 5.91 Å². The van der Waals surface area contributed by atoms with E-state index < -0.39 is 6.01 Å². The van der Waals surface area contributed by atoms with E-state index in [0.717, 1.165) is 16.7 Å². The molecular formula is C21H18FN3O2S. The van der Waals surface area contributed by atoms with Gasteiger partial charge in [-0.1, -0.05) is 24.3 Å². The van der Waals surface area contributed by atoms with Gasteiger partial charge in [-0.2, -0.15) is 0 Å². The lowest BCUT2D eigenvalue weighted by atomic mass is 9.96. The minimum atomic E-state index is -0.776. The summed E-state index contributed by atoms with van der Waals surface area (Å²) in [4.78, 5) is 28.5. The maximum absolute atomic E-state index is 12.6. The average Bonchev–Trinajstić information content (AvgIpc) is 2.74. The highest BCUT2D eigenvalue weighted by Crippen LogP contribution is 2.27. The number of carbonyl (C=O) groups excluding carboxylic acids is 2. The first-order valence-electron chi connectivity index (χ1n) is 8.50. The number of nitrogens with zero attached hydrogens (tertiary/aromatic N) is 1. The number of anilines is 1. The Morgan fingerprint density at radius 3 is 2.54 bits per heavy atom. The summed E-state index contributed by atoms with van der Waals surface area (Å²) >= 11 is 0.608. The minimum Gasteiger partial charge on any atom is -0.326 e. The first-order chi connectivity index (χ1) is 13.6. The Morgan fingerprint density at radius 1 is 1.04 bits per heavy atom. The number of hydrogen-bond donors (Lipinski definition) is 2. The highest BCUT2D eigenvalue weighted by atomic mass is 32.2. The van der Waals surface area contributed by atoms with Gasteiger partial charge in [-0.15, -0.1) is 0 Å². The van der Waals surface area contributed by atoms with Gasteiger partial charge in [0, 0.05) is 35.8 Å². The third-order valence-corrected chi connectivity index (χ3v) is 4.73. The number of nitrogens with one attached hydrogen (secondary N) is 1. The Bertz CT molecular complexity index is 996. The molecule has 1 heterocycles. The number of rotatable bonds is 6. The summed E-state index contributed by atoms with van der Waals surface area (Å²) in [6, 6.07) is 14.7. The first kappa shape index (κ1) is 19.7. The molecule has 0 bridgehead atoms. The summed E-state index contributed by atoms with van der Waals surface area (Å²) in [7, 11) is 0. The van der Waals surface area contributed by atoms with Crippen molar-refractivity contribution in [3.05, 3.63) is 83.7 Å². The molecule has 28 heavy (non-hydrogen) atoms. The second-order valence-corrected chi connectivity index (χ2v) is 6.77. The third-order valence-electron chi connectivity index (χ3n) is 4.13. The van der Waals surface area contributed by atoms with Gasteiger partial charge >= 0.3 is 0 Å². The molecule has 0 atom stereocenters. The van der Waals surface area contributed by atoms with Crippen LogP contribution in [0.15, 0.2) is 67.0 Å². The predicted molar refractivity (Wildman–Crippen MR) is 110 cm³/mol. The lowest BCUT2D eigenvalue weighted by molar-refractivity contribution is 0.102. The quantitative estimate of drug-likeness (QED) is 0.651. The van der Waals surface area contributed by atoms with Crippen LogP contribution in [0.25, 0.3) is 11.1 Å². The first-order valence-corrected chi connectivity index (χ1v) is 9.49. The molecule has 0 fully saturated rings. The molecule has 0 aliphatic rings. The van der Waals surface area contributed by atoms with Gasteiger partial charge < -0.3 is 11.1 Å². The fourth-order valence-electron chi connectivity index (χ4n) is 2.75. The lowest BCUT2D eigenvalue weighted by Crippen LogP contribution is -2.12. The zero-order chi connectivity index (χ0) is 19.9. The predicted octanol–water partition coefficient (Wildman–Crippen LogP) is 4.26. The summed E-state index contributed by atoms with van der Waals surface area (Å²) in [6.45, 7) is 0.277. The van der Waals surface area contributed by atoms with E-state index in [9.17, 15) is 14.0 Å². The fourth-order valence-corrected chi connectivity index (χ4v) is 3.14. The van der Waals surface area contributed by atoms with E-state index in [1.807, 2.05) is 6.07 Å². The van der Waals surface area contributed by atoms with Gasteiger partial charge in [0.2, 0.25) is 5.12 Å². The Labute approximate surface area is 166 Å². The van der Waals surface area contributed by atoms with E-state index in [0.29, 0.717) is 28.6 Å². The molecule has 1 amide bonds. The zero-order valence-corrected chi connectivity index (χ0v) is 15.7. The smallest absolute Gasteiger partial charge is 0.255 e. The van der Waals surface area contributed by atoms with Gasteiger partial charge in [-0.05, 0) is 58.8 Å². The van der Waals surface area contributed by atoms with Gasteiger partial charge in [0.1, 0.15) is 6.01 Å². The second-order valence-electron chi connectivity index (χ2n) is 5.89. The van der Waals surface area contributed by atoms with Crippen LogP contribution in [0.4, 0.5) is 10.1 Å². The highest BCUT2D eigenvalue weighted by molar-refractivity contribution is 8.14. The van der Waals surface area contributed by atoms with Crippen LogP contribution in [0.1, 0.15) is 26.3 Å². The monoisotopic (exact) mass is 395 g/mol. The molecule has 1 aromatic heterocycles. The molecular weight excluding hydrogens is 377 g/mol. The van der Waals surface area contributed by atoms with Crippen LogP contribution in [0.3, 0.4) is 0 Å². The molecule has 0 unspecified atom stereocenters. The summed E-state index contributed by atoms with van der Waals surface area (Å²) in [5, 5.41) is 2.47. The Hall–Kier alpha value is -3.03. The number of hydrogen-bond acceptors (Lipinski definition) is 5. The Balaban J connectivity index is 1.95. The van der Waals surface area contributed by atoms with Crippen molar-refractivity contribution >= 4 is 28.5 Å². The number of benzene rings is 2.